The van der Waals surface area contributed by atoms with Crippen molar-refractivity contribution in [2.45, 2.75) is 0 Å². The lowest BCUT2D eigenvalue weighted by Gasteiger charge is -2.31. The Morgan fingerprint density at radius 2 is 0.902 bits per heavy atom. The fourth-order valence-electron chi connectivity index (χ4n) is 9.27. The molecule has 0 fully saturated rings. The van der Waals surface area contributed by atoms with Gasteiger partial charge in [-0.1, -0.05) is 164 Å². The number of aromatic nitrogens is 1. The van der Waals surface area contributed by atoms with Crippen LogP contribution in [0.15, 0.2) is 231 Å². The molecule has 0 N–H and O–H groups in total. The Balaban J connectivity index is 1.10. The van der Waals surface area contributed by atoms with Crippen LogP contribution in [0.5, 0.6) is 0 Å². The van der Waals surface area contributed by atoms with E-state index in [1.165, 1.54) is 69.4 Å². The standard InChI is InChI=1S/C58H38N2S/c1-2-15-41(16-3-1)47-34-30-45(43-27-26-39-14-4-5-17-42(39)36-43)38-56(47)59(46-32-28-40(29-33-46)44-31-35-58-51(37-44)50-20-8-13-25-57(50)61-58)54-23-11-12-24-55(54)60-52-21-9-6-18-48(52)49-19-7-10-22-53(49)60/h1-38H. The molecule has 0 radical (unpaired) electrons. The molecular weight excluding hydrogens is 757 g/mol. The van der Waals surface area contributed by atoms with E-state index in [1.807, 2.05) is 11.3 Å². The average Bonchev–Trinajstić information content (AvgIpc) is 3.88. The molecule has 286 valence electrons. The summed E-state index contributed by atoms with van der Waals surface area (Å²) in [6.45, 7) is 0. The Hall–Kier alpha value is -7.72. The molecule has 0 aliphatic rings. The van der Waals surface area contributed by atoms with Gasteiger partial charge in [-0.3, -0.25) is 0 Å². The van der Waals surface area contributed by atoms with Gasteiger partial charge in [0, 0.05) is 42.2 Å². The van der Waals surface area contributed by atoms with Crippen LogP contribution in [0.25, 0.3) is 91.8 Å². The molecule has 61 heavy (non-hydrogen) atoms. The molecule has 0 aliphatic heterocycles. The Morgan fingerprint density at radius 1 is 0.328 bits per heavy atom. The summed E-state index contributed by atoms with van der Waals surface area (Å²) in [6, 6.07) is 84.4. The van der Waals surface area contributed by atoms with E-state index in [2.05, 4.69) is 240 Å². The largest absolute Gasteiger partial charge is 0.308 e. The van der Waals surface area contributed by atoms with Crippen LogP contribution in [0.1, 0.15) is 0 Å². The minimum absolute atomic E-state index is 1.08. The molecule has 10 aromatic carbocycles. The van der Waals surface area contributed by atoms with Gasteiger partial charge < -0.3 is 9.47 Å². The molecule has 12 aromatic rings. The maximum Gasteiger partial charge on any atom is 0.0702 e. The third-order valence-electron chi connectivity index (χ3n) is 12.2. The number of thiophene rings is 1. The summed E-state index contributed by atoms with van der Waals surface area (Å²) in [5.74, 6) is 0. The van der Waals surface area contributed by atoms with E-state index < -0.39 is 0 Å². The molecule has 0 unspecified atom stereocenters. The molecule has 12 rings (SSSR count). The zero-order chi connectivity index (χ0) is 40.3. The van der Waals surface area contributed by atoms with Gasteiger partial charge in [0.2, 0.25) is 0 Å². The second-order valence-corrected chi connectivity index (χ2v) is 16.8. The molecule has 2 heterocycles. The molecule has 0 atom stereocenters. The zero-order valence-corrected chi connectivity index (χ0v) is 34.1. The van der Waals surface area contributed by atoms with Gasteiger partial charge in [-0.05, 0) is 105 Å². The molecular formula is C58H38N2S. The number of benzene rings is 10. The molecule has 0 aliphatic carbocycles. The third-order valence-corrected chi connectivity index (χ3v) is 13.3. The van der Waals surface area contributed by atoms with E-state index in [0.29, 0.717) is 0 Å². The van der Waals surface area contributed by atoms with Crippen molar-refractivity contribution in [3.63, 3.8) is 0 Å². The van der Waals surface area contributed by atoms with Crippen molar-refractivity contribution in [2.24, 2.45) is 0 Å². The molecule has 0 amide bonds. The van der Waals surface area contributed by atoms with Crippen LogP contribution in [-0.2, 0) is 0 Å². The summed E-state index contributed by atoms with van der Waals surface area (Å²) < 4.78 is 5.08. The van der Waals surface area contributed by atoms with E-state index in [4.69, 9.17) is 0 Å². The van der Waals surface area contributed by atoms with E-state index in [0.717, 1.165) is 39.4 Å². The molecule has 2 nitrogen and oxygen atoms in total. The van der Waals surface area contributed by atoms with Crippen molar-refractivity contribution in [1.29, 1.82) is 0 Å². The van der Waals surface area contributed by atoms with Crippen LogP contribution >= 0.6 is 11.3 Å². The van der Waals surface area contributed by atoms with Gasteiger partial charge in [0.25, 0.3) is 0 Å². The highest BCUT2D eigenvalue weighted by Gasteiger charge is 2.23. The van der Waals surface area contributed by atoms with E-state index >= 15 is 0 Å². The van der Waals surface area contributed by atoms with Gasteiger partial charge in [-0.2, -0.15) is 0 Å². The Bertz CT molecular complexity index is 3540. The lowest BCUT2D eigenvalue weighted by atomic mass is 9.95. The Kier molecular flexibility index (Phi) is 8.39. The second kappa shape index (κ2) is 14.5. The highest BCUT2D eigenvalue weighted by atomic mass is 32.1. The minimum atomic E-state index is 1.08. The average molecular weight is 795 g/mol. The number of rotatable bonds is 7. The quantitative estimate of drug-likeness (QED) is 0.156. The van der Waals surface area contributed by atoms with Crippen molar-refractivity contribution in [2.75, 3.05) is 4.90 Å². The van der Waals surface area contributed by atoms with Gasteiger partial charge in [-0.15, -0.1) is 11.3 Å². The van der Waals surface area contributed by atoms with Gasteiger partial charge in [0.15, 0.2) is 0 Å². The van der Waals surface area contributed by atoms with Crippen LogP contribution in [0.4, 0.5) is 17.1 Å². The van der Waals surface area contributed by atoms with Crippen molar-refractivity contribution >= 4 is 81.1 Å². The van der Waals surface area contributed by atoms with Crippen LogP contribution in [-0.4, -0.2) is 4.57 Å². The maximum absolute atomic E-state index is 2.48. The maximum atomic E-state index is 2.48. The number of para-hydroxylation sites is 4. The first-order chi connectivity index (χ1) is 30.2. The van der Waals surface area contributed by atoms with Gasteiger partial charge >= 0.3 is 0 Å². The van der Waals surface area contributed by atoms with Crippen LogP contribution in [0.3, 0.4) is 0 Å². The van der Waals surface area contributed by atoms with Crippen LogP contribution in [0.2, 0.25) is 0 Å². The lowest BCUT2D eigenvalue weighted by molar-refractivity contribution is 1.15. The smallest absolute Gasteiger partial charge is 0.0702 e. The Morgan fingerprint density at radius 3 is 1.70 bits per heavy atom. The van der Waals surface area contributed by atoms with Gasteiger partial charge in [0.1, 0.15) is 0 Å². The molecule has 3 heteroatoms. The molecule has 0 saturated carbocycles. The normalized spacial score (nSPS) is 11.6. The number of fused-ring (bicyclic) bond motifs is 7. The van der Waals surface area contributed by atoms with Crippen LogP contribution in [0, 0.1) is 0 Å². The van der Waals surface area contributed by atoms with Crippen molar-refractivity contribution in [3.05, 3.63) is 231 Å². The predicted molar refractivity (Wildman–Crippen MR) is 262 cm³/mol. The summed E-state index contributed by atoms with van der Waals surface area (Å²) >= 11 is 1.86. The molecule has 0 bridgehead atoms. The summed E-state index contributed by atoms with van der Waals surface area (Å²) in [5.41, 5.74) is 13.8. The second-order valence-electron chi connectivity index (χ2n) is 15.7. The van der Waals surface area contributed by atoms with Crippen molar-refractivity contribution in [3.8, 4) is 39.1 Å². The molecule has 2 aromatic heterocycles. The topological polar surface area (TPSA) is 8.17 Å². The fourth-order valence-corrected chi connectivity index (χ4v) is 10.4. The summed E-state index contributed by atoms with van der Waals surface area (Å²) in [6.07, 6.45) is 0. The SMILES string of the molecule is c1ccc(-c2ccc(-c3ccc4ccccc4c3)cc2N(c2ccc(-c3ccc4sc5ccccc5c4c3)cc2)c2ccccc2-n2c3ccccc3c3ccccc32)cc1. The predicted octanol–water partition coefficient (Wildman–Crippen LogP) is 16.8. The van der Waals surface area contributed by atoms with Crippen molar-refractivity contribution in [1.82, 2.24) is 4.57 Å². The first-order valence-corrected chi connectivity index (χ1v) is 21.6. The zero-order valence-electron chi connectivity index (χ0n) is 33.2. The summed E-state index contributed by atoms with van der Waals surface area (Å²) in [7, 11) is 0. The van der Waals surface area contributed by atoms with E-state index in [9.17, 15) is 0 Å². The summed E-state index contributed by atoms with van der Waals surface area (Å²) in [4.78, 5) is 2.48. The first kappa shape index (κ1) is 35.2. The highest BCUT2D eigenvalue weighted by Crippen LogP contribution is 2.47. The number of hydrogen-bond donors (Lipinski definition) is 0. The van der Waals surface area contributed by atoms with Crippen molar-refractivity contribution < 1.29 is 0 Å². The van der Waals surface area contributed by atoms with Gasteiger partial charge in [0.05, 0.1) is 28.1 Å². The molecule has 0 saturated heterocycles. The lowest BCUT2D eigenvalue weighted by Crippen LogP contribution is -2.14. The number of anilines is 3. The molecule has 0 spiro atoms. The van der Waals surface area contributed by atoms with E-state index in [-0.39, 0.29) is 0 Å². The number of nitrogens with zero attached hydrogens (tertiary/aromatic N) is 2. The fraction of sp³-hybridized carbons (Fsp3) is 0. The van der Waals surface area contributed by atoms with Gasteiger partial charge in [-0.25, -0.2) is 0 Å². The summed E-state index contributed by atoms with van der Waals surface area (Å²) in [5, 5.41) is 7.56. The Labute approximate surface area is 358 Å². The van der Waals surface area contributed by atoms with E-state index in [1.54, 1.807) is 0 Å². The number of hydrogen-bond acceptors (Lipinski definition) is 2. The first-order valence-electron chi connectivity index (χ1n) is 20.8. The highest BCUT2D eigenvalue weighted by molar-refractivity contribution is 7.25. The van der Waals surface area contributed by atoms with Crippen LogP contribution < -0.4 is 4.90 Å². The monoisotopic (exact) mass is 794 g/mol. The third kappa shape index (κ3) is 6.01. The minimum Gasteiger partial charge on any atom is -0.308 e.